The molecule has 0 saturated carbocycles. The molecule has 6 heteroatoms. The van der Waals surface area contributed by atoms with E-state index in [0.717, 1.165) is 38.2 Å². The zero-order valence-corrected chi connectivity index (χ0v) is 12.6. The van der Waals surface area contributed by atoms with E-state index in [0.29, 0.717) is 11.6 Å². The van der Waals surface area contributed by atoms with Crippen LogP contribution in [0.5, 0.6) is 5.75 Å². The maximum Gasteiger partial charge on any atom is 0.246 e. The number of aliphatic hydroxyl groups is 1. The number of rotatable bonds is 6. The van der Waals surface area contributed by atoms with Gasteiger partial charge >= 0.3 is 0 Å². The van der Waals surface area contributed by atoms with Crippen molar-refractivity contribution in [2.75, 3.05) is 26.2 Å². The number of aliphatic hydroxyl groups excluding tert-OH is 1. The van der Waals surface area contributed by atoms with Gasteiger partial charge in [-0.15, -0.1) is 0 Å². The van der Waals surface area contributed by atoms with Crippen LogP contribution in [0.25, 0.3) is 0 Å². The Labute approximate surface area is 129 Å². The van der Waals surface area contributed by atoms with Crippen LogP contribution in [0.4, 0.5) is 0 Å². The van der Waals surface area contributed by atoms with Gasteiger partial charge in [0.2, 0.25) is 5.91 Å². The summed E-state index contributed by atoms with van der Waals surface area (Å²) in [6, 6.07) is 7.29. The van der Waals surface area contributed by atoms with Crippen molar-refractivity contribution in [2.45, 2.75) is 18.9 Å². The number of primary amides is 1. The lowest BCUT2D eigenvalue weighted by molar-refractivity contribution is -0.129. The lowest BCUT2D eigenvalue weighted by Crippen LogP contribution is -2.43. The summed E-state index contributed by atoms with van der Waals surface area (Å²) in [5.74, 6) is 0.161. The van der Waals surface area contributed by atoms with Crippen LogP contribution in [0.2, 0.25) is 5.02 Å². The Kier molecular flexibility index (Phi) is 5.85. The molecule has 1 aliphatic heterocycles. The fourth-order valence-corrected chi connectivity index (χ4v) is 2.67. The highest BCUT2D eigenvalue weighted by Gasteiger charge is 2.28. The highest BCUT2D eigenvalue weighted by molar-refractivity contribution is 6.30. The van der Waals surface area contributed by atoms with E-state index in [1.165, 1.54) is 0 Å². The molecule has 1 saturated heterocycles. The fraction of sp³-hybridized carbons (Fsp3) is 0.533. The minimum absolute atomic E-state index is 0.0177. The number of carbonyl (C=O) groups excluding carboxylic acids is 1. The Morgan fingerprint density at radius 2 is 2.00 bits per heavy atom. The first-order chi connectivity index (χ1) is 10.1. The summed E-state index contributed by atoms with van der Waals surface area (Å²) < 4.78 is 5.65. The van der Waals surface area contributed by atoms with Gasteiger partial charge in [-0.25, -0.2) is 0 Å². The van der Waals surface area contributed by atoms with Gasteiger partial charge in [0.15, 0.2) is 0 Å². The number of carbonyl (C=O) groups is 1. The van der Waals surface area contributed by atoms with Crippen molar-refractivity contribution in [3.05, 3.63) is 29.3 Å². The molecule has 0 aliphatic carbocycles. The molecular weight excluding hydrogens is 292 g/mol. The van der Waals surface area contributed by atoms with Gasteiger partial charge in [-0.05, 0) is 56.1 Å². The van der Waals surface area contributed by atoms with E-state index in [9.17, 15) is 9.90 Å². The van der Waals surface area contributed by atoms with Crippen LogP contribution in [0.3, 0.4) is 0 Å². The predicted octanol–water partition coefficient (Wildman–Crippen LogP) is 1.28. The second-order valence-electron chi connectivity index (χ2n) is 5.33. The first kappa shape index (κ1) is 16.1. The first-order valence-electron chi connectivity index (χ1n) is 7.14. The third kappa shape index (κ3) is 4.88. The number of halogens is 1. The Hall–Kier alpha value is -1.30. The topological polar surface area (TPSA) is 75.8 Å². The monoisotopic (exact) mass is 312 g/mol. The number of likely N-dealkylation sites (tertiary alicyclic amines) is 1. The molecule has 2 rings (SSSR count). The normalized spacial score (nSPS) is 18.4. The quantitative estimate of drug-likeness (QED) is 0.829. The van der Waals surface area contributed by atoms with Crippen molar-refractivity contribution in [3.8, 4) is 5.75 Å². The molecule has 21 heavy (non-hydrogen) atoms. The van der Waals surface area contributed by atoms with Gasteiger partial charge in [0.05, 0.1) is 0 Å². The molecule has 3 N–H and O–H groups in total. The Morgan fingerprint density at radius 3 is 2.57 bits per heavy atom. The molecule has 1 aromatic rings. The van der Waals surface area contributed by atoms with Gasteiger partial charge in [-0.3, -0.25) is 9.69 Å². The van der Waals surface area contributed by atoms with Gasteiger partial charge < -0.3 is 15.6 Å². The molecule has 1 amide bonds. The molecule has 0 aromatic heterocycles. The van der Waals surface area contributed by atoms with Crippen LogP contribution >= 0.6 is 11.6 Å². The molecule has 1 heterocycles. The van der Waals surface area contributed by atoms with Crippen LogP contribution in [0, 0.1) is 5.92 Å². The number of ether oxygens (including phenoxy) is 1. The summed E-state index contributed by atoms with van der Waals surface area (Å²) in [5, 5.41) is 10.3. The molecule has 0 bridgehead atoms. The summed E-state index contributed by atoms with van der Waals surface area (Å²) in [4.78, 5) is 13.2. The molecule has 1 fully saturated rings. The van der Waals surface area contributed by atoms with E-state index in [4.69, 9.17) is 22.1 Å². The molecule has 0 spiro atoms. The lowest BCUT2D eigenvalue weighted by atomic mass is 9.91. The van der Waals surface area contributed by atoms with Crippen LogP contribution in [-0.4, -0.2) is 48.3 Å². The number of benzene rings is 1. The highest BCUT2D eigenvalue weighted by Crippen LogP contribution is 2.21. The number of nitrogens with zero attached hydrogens (tertiary/aromatic N) is 1. The van der Waals surface area contributed by atoms with E-state index in [1.807, 2.05) is 12.1 Å². The second-order valence-corrected chi connectivity index (χ2v) is 5.77. The average molecular weight is 313 g/mol. The maximum atomic E-state index is 11.0. The first-order valence-corrected chi connectivity index (χ1v) is 7.52. The lowest BCUT2D eigenvalue weighted by Gasteiger charge is -2.33. The van der Waals surface area contributed by atoms with Gasteiger partial charge in [-0.1, -0.05) is 11.6 Å². The molecule has 0 radical (unpaired) electrons. The third-order valence-electron chi connectivity index (χ3n) is 3.86. The van der Waals surface area contributed by atoms with E-state index >= 15 is 0 Å². The third-order valence-corrected chi connectivity index (χ3v) is 4.11. The molecule has 116 valence electrons. The fourth-order valence-electron chi connectivity index (χ4n) is 2.55. The van der Waals surface area contributed by atoms with Crippen molar-refractivity contribution in [1.82, 2.24) is 4.90 Å². The molecular formula is C15H21ClN2O3. The van der Waals surface area contributed by atoms with Gasteiger partial charge in [0.25, 0.3) is 0 Å². The molecule has 0 unspecified atom stereocenters. The molecule has 1 aliphatic rings. The minimum atomic E-state index is -1.02. The maximum absolute atomic E-state index is 11.0. The van der Waals surface area contributed by atoms with E-state index in [-0.39, 0.29) is 5.92 Å². The SMILES string of the molecule is NC(=O)[C@@H](O)C1CCN(CCOc2ccc(Cl)cc2)CC1. The zero-order valence-electron chi connectivity index (χ0n) is 11.9. The van der Waals surface area contributed by atoms with Crippen molar-refractivity contribution >= 4 is 17.5 Å². The van der Waals surface area contributed by atoms with Crippen LogP contribution < -0.4 is 10.5 Å². The number of piperidine rings is 1. The smallest absolute Gasteiger partial charge is 0.246 e. The van der Waals surface area contributed by atoms with Crippen LogP contribution in [0.15, 0.2) is 24.3 Å². The predicted molar refractivity (Wildman–Crippen MR) is 81.3 cm³/mol. The number of nitrogens with two attached hydrogens (primary N) is 1. The van der Waals surface area contributed by atoms with E-state index < -0.39 is 12.0 Å². The van der Waals surface area contributed by atoms with Crippen molar-refractivity contribution in [1.29, 1.82) is 0 Å². The Bertz CT molecular complexity index is 458. The summed E-state index contributed by atoms with van der Waals surface area (Å²) in [5.41, 5.74) is 5.12. The summed E-state index contributed by atoms with van der Waals surface area (Å²) >= 11 is 5.81. The molecule has 5 nitrogen and oxygen atoms in total. The molecule has 1 atom stereocenters. The minimum Gasteiger partial charge on any atom is -0.492 e. The molecule has 1 aromatic carbocycles. The summed E-state index contributed by atoms with van der Waals surface area (Å²) in [6.07, 6.45) is 0.549. The summed E-state index contributed by atoms with van der Waals surface area (Å²) in [6.45, 7) is 3.12. The van der Waals surface area contributed by atoms with Crippen molar-refractivity contribution < 1.29 is 14.6 Å². The van der Waals surface area contributed by atoms with Crippen LogP contribution in [0.1, 0.15) is 12.8 Å². The number of amides is 1. The average Bonchev–Trinajstić information content (AvgIpc) is 2.49. The van der Waals surface area contributed by atoms with E-state index in [2.05, 4.69) is 4.90 Å². The zero-order chi connectivity index (χ0) is 15.2. The van der Waals surface area contributed by atoms with Gasteiger partial charge in [0.1, 0.15) is 18.5 Å². The van der Waals surface area contributed by atoms with Crippen LogP contribution in [-0.2, 0) is 4.79 Å². The Morgan fingerprint density at radius 1 is 1.38 bits per heavy atom. The Balaban J connectivity index is 1.67. The second kappa shape index (κ2) is 7.64. The van der Waals surface area contributed by atoms with Crippen molar-refractivity contribution in [2.24, 2.45) is 11.7 Å². The highest BCUT2D eigenvalue weighted by atomic mass is 35.5. The summed E-state index contributed by atoms with van der Waals surface area (Å²) in [7, 11) is 0. The van der Waals surface area contributed by atoms with Crippen molar-refractivity contribution in [3.63, 3.8) is 0 Å². The number of hydrogen-bond donors (Lipinski definition) is 2. The van der Waals surface area contributed by atoms with Gasteiger partial charge in [-0.2, -0.15) is 0 Å². The standard InChI is InChI=1S/C15H21ClN2O3/c16-12-1-3-13(4-2-12)21-10-9-18-7-5-11(6-8-18)14(19)15(17)20/h1-4,11,14,19H,5-10H2,(H2,17,20)/t14-/m0/s1. The largest absolute Gasteiger partial charge is 0.492 e. The van der Waals surface area contributed by atoms with Gasteiger partial charge in [0, 0.05) is 11.6 Å². The number of hydrogen-bond acceptors (Lipinski definition) is 4. The van der Waals surface area contributed by atoms with E-state index in [1.54, 1.807) is 12.1 Å².